The van der Waals surface area contributed by atoms with Crippen LogP contribution in [0, 0.1) is 0 Å². The van der Waals surface area contributed by atoms with E-state index in [1.165, 1.54) is 25.7 Å². The SMILES string of the molecule is Clc1cc2c(cc1SC1CCCC1)OCCO2. The molecule has 3 rings (SSSR count). The number of fused-ring (bicyclic) bond motifs is 1. The molecule has 92 valence electrons. The van der Waals surface area contributed by atoms with Gasteiger partial charge in [0.25, 0.3) is 0 Å². The number of hydrogen-bond acceptors (Lipinski definition) is 3. The molecule has 1 heterocycles. The van der Waals surface area contributed by atoms with Crippen molar-refractivity contribution in [2.45, 2.75) is 35.8 Å². The zero-order valence-electron chi connectivity index (χ0n) is 9.58. The van der Waals surface area contributed by atoms with Gasteiger partial charge in [-0.25, -0.2) is 0 Å². The number of rotatable bonds is 2. The normalized spacial score (nSPS) is 19.6. The van der Waals surface area contributed by atoms with Crippen molar-refractivity contribution < 1.29 is 9.47 Å². The van der Waals surface area contributed by atoms with Crippen LogP contribution in [0.25, 0.3) is 0 Å². The number of benzene rings is 1. The van der Waals surface area contributed by atoms with Crippen molar-refractivity contribution in [2.24, 2.45) is 0 Å². The summed E-state index contributed by atoms with van der Waals surface area (Å²) in [5.74, 6) is 1.61. The molecule has 1 aromatic rings. The molecule has 0 atom stereocenters. The fourth-order valence-electron chi connectivity index (χ4n) is 2.32. The molecule has 1 aliphatic carbocycles. The van der Waals surface area contributed by atoms with Crippen LogP contribution in [0.15, 0.2) is 17.0 Å². The molecular weight excluding hydrogens is 256 g/mol. The van der Waals surface area contributed by atoms with Crippen molar-refractivity contribution in [2.75, 3.05) is 13.2 Å². The van der Waals surface area contributed by atoms with E-state index in [0.717, 1.165) is 26.7 Å². The summed E-state index contributed by atoms with van der Waals surface area (Å²) in [5, 5.41) is 1.50. The lowest BCUT2D eigenvalue weighted by molar-refractivity contribution is 0.171. The lowest BCUT2D eigenvalue weighted by Crippen LogP contribution is -2.15. The predicted octanol–water partition coefficient (Wildman–Crippen LogP) is 4.15. The van der Waals surface area contributed by atoms with Gasteiger partial charge >= 0.3 is 0 Å². The summed E-state index contributed by atoms with van der Waals surface area (Å²) in [5.41, 5.74) is 0. The van der Waals surface area contributed by atoms with Crippen LogP contribution in [0.1, 0.15) is 25.7 Å². The van der Waals surface area contributed by atoms with Crippen LogP contribution in [-0.4, -0.2) is 18.5 Å². The summed E-state index contributed by atoms with van der Waals surface area (Å²) in [7, 11) is 0. The minimum absolute atomic E-state index is 0.610. The molecule has 0 bridgehead atoms. The smallest absolute Gasteiger partial charge is 0.162 e. The van der Waals surface area contributed by atoms with E-state index in [9.17, 15) is 0 Å². The van der Waals surface area contributed by atoms with Crippen LogP contribution < -0.4 is 9.47 Å². The monoisotopic (exact) mass is 270 g/mol. The summed E-state index contributed by atoms with van der Waals surface area (Å²) in [6.45, 7) is 1.24. The predicted molar refractivity (Wildman–Crippen MR) is 70.6 cm³/mol. The molecule has 1 aliphatic heterocycles. The molecule has 2 nitrogen and oxygen atoms in total. The highest BCUT2D eigenvalue weighted by Gasteiger charge is 2.20. The standard InChI is InChI=1S/C13H15ClO2S/c14-10-7-11-12(16-6-5-15-11)8-13(10)17-9-3-1-2-4-9/h7-9H,1-6H2. The molecule has 0 spiro atoms. The average molecular weight is 271 g/mol. The van der Waals surface area contributed by atoms with Crippen molar-refractivity contribution in [3.8, 4) is 11.5 Å². The van der Waals surface area contributed by atoms with Gasteiger partial charge in [-0.1, -0.05) is 24.4 Å². The molecule has 0 aromatic heterocycles. The van der Waals surface area contributed by atoms with Crippen molar-refractivity contribution >= 4 is 23.4 Å². The molecule has 4 heteroatoms. The first-order valence-corrected chi connectivity index (χ1v) is 7.34. The Kier molecular flexibility index (Phi) is 3.39. The minimum atomic E-state index is 0.610. The fraction of sp³-hybridized carbons (Fsp3) is 0.538. The van der Waals surface area contributed by atoms with Gasteiger partial charge in [0.2, 0.25) is 0 Å². The van der Waals surface area contributed by atoms with Crippen molar-refractivity contribution in [3.05, 3.63) is 17.2 Å². The van der Waals surface area contributed by atoms with E-state index >= 15 is 0 Å². The Balaban J connectivity index is 1.83. The van der Waals surface area contributed by atoms with Crippen molar-refractivity contribution in [3.63, 3.8) is 0 Å². The molecule has 17 heavy (non-hydrogen) atoms. The lowest BCUT2D eigenvalue weighted by atomic mass is 10.3. The quantitative estimate of drug-likeness (QED) is 0.804. The van der Waals surface area contributed by atoms with Crippen LogP contribution >= 0.6 is 23.4 Å². The van der Waals surface area contributed by atoms with Crippen LogP contribution in [0.4, 0.5) is 0 Å². The highest BCUT2D eigenvalue weighted by molar-refractivity contribution is 8.00. The maximum Gasteiger partial charge on any atom is 0.162 e. The summed E-state index contributed by atoms with van der Waals surface area (Å²) < 4.78 is 11.1. The Bertz CT molecular complexity index is 416. The first-order chi connectivity index (χ1) is 8.33. The van der Waals surface area contributed by atoms with Gasteiger partial charge in [0.1, 0.15) is 13.2 Å². The van der Waals surface area contributed by atoms with E-state index in [0.29, 0.717) is 13.2 Å². The number of hydrogen-bond donors (Lipinski definition) is 0. The third-order valence-corrected chi connectivity index (χ3v) is 5.01. The van der Waals surface area contributed by atoms with Gasteiger partial charge in [-0.05, 0) is 18.9 Å². The summed E-state index contributed by atoms with van der Waals surface area (Å²) in [6.07, 6.45) is 5.30. The van der Waals surface area contributed by atoms with Gasteiger partial charge in [-0.15, -0.1) is 11.8 Å². The van der Waals surface area contributed by atoms with E-state index in [1.54, 1.807) is 0 Å². The van der Waals surface area contributed by atoms with E-state index in [-0.39, 0.29) is 0 Å². The molecule has 1 aromatic carbocycles. The maximum absolute atomic E-state index is 6.28. The third kappa shape index (κ3) is 2.50. The maximum atomic E-state index is 6.28. The number of ether oxygens (including phenoxy) is 2. The second-order valence-corrected chi connectivity index (χ2v) is 6.20. The average Bonchev–Trinajstić information content (AvgIpc) is 2.83. The van der Waals surface area contributed by atoms with Gasteiger partial charge < -0.3 is 9.47 Å². The first kappa shape index (κ1) is 11.5. The molecule has 1 saturated carbocycles. The van der Waals surface area contributed by atoms with Crippen LogP contribution in [0.2, 0.25) is 5.02 Å². The zero-order chi connectivity index (χ0) is 11.7. The Hall–Kier alpha value is -0.540. The van der Waals surface area contributed by atoms with Gasteiger partial charge in [0.15, 0.2) is 11.5 Å². The van der Waals surface area contributed by atoms with Crippen LogP contribution in [0.3, 0.4) is 0 Å². The first-order valence-electron chi connectivity index (χ1n) is 6.09. The Morgan fingerprint density at radius 3 is 2.41 bits per heavy atom. The summed E-state index contributed by atoms with van der Waals surface area (Å²) in [4.78, 5) is 1.13. The molecular formula is C13H15ClO2S. The van der Waals surface area contributed by atoms with E-state index in [1.807, 2.05) is 23.9 Å². The highest BCUT2D eigenvalue weighted by atomic mass is 35.5. The minimum Gasteiger partial charge on any atom is -0.486 e. The van der Waals surface area contributed by atoms with Crippen LogP contribution in [0.5, 0.6) is 11.5 Å². The second-order valence-electron chi connectivity index (χ2n) is 4.45. The molecule has 0 amide bonds. The topological polar surface area (TPSA) is 18.5 Å². The molecule has 1 fully saturated rings. The van der Waals surface area contributed by atoms with E-state index in [4.69, 9.17) is 21.1 Å². The van der Waals surface area contributed by atoms with E-state index in [2.05, 4.69) is 0 Å². The number of halogens is 1. The van der Waals surface area contributed by atoms with Gasteiger partial charge in [-0.2, -0.15) is 0 Å². The van der Waals surface area contributed by atoms with Gasteiger partial charge in [0, 0.05) is 16.2 Å². The Morgan fingerprint density at radius 1 is 1.06 bits per heavy atom. The lowest BCUT2D eigenvalue weighted by Gasteiger charge is -2.20. The molecule has 0 unspecified atom stereocenters. The third-order valence-electron chi connectivity index (χ3n) is 3.19. The number of thioether (sulfide) groups is 1. The van der Waals surface area contributed by atoms with E-state index < -0.39 is 0 Å². The Labute approximate surface area is 111 Å². The summed E-state index contributed by atoms with van der Waals surface area (Å²) >= 11 is 8.17. The fourth-order valence-corrected chi connectivity index (χ4v) is 3.88. The molecule has 0 radical (unpaired) electrons. The van der Waals surface area contributed by atoms with Crippen molar-refractivity contribution in [1.82, 2.24) is 0 Å². The molecule has 2 aliphatic rings. The van der Waals surface area contributed by atoms with Crippen LogP contribution in [-0.2, 0) is 0 Å². The Morgan fingerprint density at radius 2 is 1.71 bits per heavy atom. The zero-order valence-corrected chi connectivity index (χ0v) is 11.1. The van der Waals surface area contributed by atoms with Gasteiger partial charge in [-0.3, -0.25) is 0 Å². The second kappa shape index (κ2) is 4.99. The highest BCUT2D eigenvalue weighted by Crippen LogP contribution is 2.43. The summed E-state index contributed by atoms with van der Waals surface area (Å²) in [6, 6.07) is 3.91. The van der Waals surface area contributed by atoms with Gasteiger partial charge in [0.05, 0.1) is 5.02 Å². The largest absolute Gasteiger partial charge is 0.486 e. The molecule has 0 N–H and O–H groups in total. The van der Waals surface area contributed by atoms with Crippen molar-refractivity contribution in [1.29, 1.82) is 0 Å². The molecule has 0 saturated heterocycles.